The summed E-state index contributed by atoms with van der Waals surface area (Å²) >= 11 is 1.62. The lowest BCUT2D eigenvalue weighted by Crippen LogP contribution is -1.90. The van der Waals surface area contributed by atoms with Gasteiger partial charge in [-0.2, -0.15) is 0 Å². The van der Waals surface area contributed by atoms with Crippen molar-refractivity contribution >= 4 is 23.2 Å². The van der Waals surface area contributed by atoms with Gasteiger partial charge in [0.2, 0.25) is 5.78 Å². The fraction of sp³-hybridized carbons (Fsp3) is 0.154. The first-order valence-corrected chi connectivity index (χ1v) is 5.88. The van der Waals surface area contributed by atoms with E-state index < -0.39 is 0 Å². The summed E-state index contributed by atoms with van der Waals surface area (Å²) in [6.45, 7) is 3.85. The van der Waals surface area contributed by atoms with Crippen molar-refractivity contribution in [1.29, 1.82) is 0 Å². The number of aryl methyl sites for hydroxylation is 2. The predicted molar refractivity (Wildman–Crippen MR) is 65.9 cm³/mol. The molecule has 0 saturated heterocycles. The number of furan rings is 1. The molecule has 2 aromatic rings. The summed E-state index contributed by atoms with van der Waals surface area (Å²) in [5.74, 6) is 1.05. The molecule has 0 aliphatic carbocycles. The molecule has 2 rings (SSSR count). The lowest BCUT2D eigenvalue weighted by atomic mass is 10.2. The maximum absolute atomic E-state index is 11.7. The standard InChI is InChI=1S/C13H12O2S/c1-9-7-8-16-13(9)6-4-11(14)12-5-3-10(2)15-12/h3-8H,1-2H3/b6-4+. The molecule has 0 atom stereocenters. The summed E-state index contributed by atoms with van der Waals surface area (Å²) in [5, 5.41) is 2.01. The maximum Gasteiger partial charge on any atom is 0.221 e. The molecule has 0 spiro atoms. The van der Waals surface area contributed by atoms with Crippen molar-refractivity contribution in [2.75, 3.05) is 0 Å². The van der Waals surface area contributed by atoms with Crippen molar-refractivity contribution in [2.24, 2.45) is 0 Å². The molecule has 16 heavy (non-hydrogen) atoms. The summed E-state index contributed by atoms with van der Waals surface area (Å²) in [6.07, 6.45) is 3.39. The summed E-state index contributed by atoms with van der Waals surface area (Å²) in [4.78, 5) is 12.8. The van der Waals surface area contributed by atoms with Gasteiger partial charge in [-0.25, -0.2) is 0 Å². The maximum atomic E-state index is 11.7. The highest BCUT2D eigenvalue weighted by molar-refractivity contribution is 7.11. The topological polar surface area (TPSA) is 30.2 Å². The molecule has 82 valence electrons. The van der Waals surface area contributed by atoms with E-state index in [0.29, 0.717) is 5.76 Å². The fourth-order valence-corrected chi connectivity index (χ4v) is 2.17. The van der Waals surface area contributed by atoms with E-state index in [1.54, 1.807) is 29.5 Å². The minimum absolute atomic E-state index is 0.0964. The van der Waals surface area contributed by atoms with E-state index in [1.807, 2.05) is 31.4 Å². The van der Waals surface area contributed by atoms with Crippen molar-refractivity contribution in [1.82, 2.24) is 0 Å². The van der Waals surface area contributed by atoms with Crippen LogP contribution in [0.3, 0.4) is 0 Å². The van der Waals surface area contributed by atoms with E-state index in [0.717, 1.165) is 10.6 Å². The predicted octanol–water partition coefficient (Wildman–Crippen LogP) is 3.85. The summed E-state index contributed by atoms with van der Waals surface area (Å²) in [5.41, 5.74) is 1.18. The Morgan fingerprint density at radius 2 is 2.12 bits per heavy atom. The number of hydrogen-bond donors (Lipinski definition) is 0. The smallest absolute Gasteiger partial charge is 0.221 e. The molecule has 0 radical (unpaired) electrons. The van der Waals surface area contributed by atoms with E-state index in [2.05, 4.69) is 0 Å². The van der Waals surface area contributed by atoms with Crippen LogP contribution in [0.5, 0.6) is 0 Å². The Balaban J connectivity index is 2.14. The van der Waals surface area contributed by atoms with Crippen LogP contribution in [0.25, 0.3) is 6.08 Å². The average Bonchev–Trinajstić information content (AvgIpc) is 2.84. The Kier molecular flexibility index (Phi) is 3.06. The van der Waals surface area contributed by atoms with Gasteiger partial charge in [0.05, 0.1) is 0 Å². The first kappa shape index (κ1) is 10.9. The lowest BCUT2D eigenvalue weighted by molar-refractivity contribution is 0.102. The Bertz CT molecular complexity index is 532. The summed E-state index contributed by atoms with van der Waals surface area (Å²) in [6, 6.07) is 5.52. The zero-order valence-corrected chi connectivity index (χ0v) is 10.0. The van der Waals surface area contributed by atoms with Crippen molar-refractivity contribution in [2.45, 2.75) is 13.8 Å². The number of carbonyl (C=O) groups excluding carboxylic acids is 1. The molecule has 2 aromatic heterocycles. The van der Waals surface area contributed by atoms with Crippen molar-refractivity contribution in [3.05, 3.63) is 51.6 Å². The number of thiophene rings is 1. The molecule has 0 fully saturated rings. The van der Waals surface area contributed by atoms with Gasteiger partial charge in [-0.05, 0) is 55.1 Å². The summed E-state index contributed by atoms with van der Waals surface area (Å²) < 4.78 is 5.25. The van der Waals surface area contributed by atoms with Gasteiger partial charge in [0.1, 0.15) is 5.76 Å². The van der Waals surface area contributed by atoms with Gasteiger partial charge in [-0.1, -0.05) is 0 Å². The second-order valence-electron chi connectivity index (χ2n) is 3.58. The van der Waals surface area contributed by atoms with Crippen LogP contribution in [-0.4, -0.2) is 5.78 Å². The Morgan fingerprint density at radius 1 is 1.31 bits per heavy atom. The average molecular weight is 232 g/mol. The number of rotatable bonds is 3. The first-order chi connectivity index (χ1) is 7.66. The Morgan fingerprint density at radius 3 is 2.69 bits per heavy atom. The van der Waals surface area contributed by atoms with Crippen LogP contribution >= 0.6 is 11.3 Å². The molecular formula is C13H12O2S. The third-order valence-electron chi connectivity index (χ3n) is 2.27. The van der Waals surface area contributed by atoms with Gasteiger partial charge in [-0.3, -0.25) is 4.79 Å². The normalized spacial score (nSPS) is 11.1. The SMILES string of the molecule is Cc1ccc(C(=O)/C=C/c2sccc2C)o1. The summed E-state index contributed by atoms with van der Waals surface area (Å²) in [7, 11) is 0. The monoisotopic (exact) mass is 232 g/mol. The van der Waals surface area contributed by atoms with Crippen LogP contribution in [0, 0.1) is 13.8 Å². The number of hydrogen-bond acceptors (Lipinski definition) is 3. The number of carbonyl (C=O) groups is 1. The third-order valence-corrected chi connectivity index (χ3v) is 3.26. The van der Waals surface area contributed by atoms with E-state index in [-0.39, 0.29) is 5.78 Å². The Hall–Kier alpha value is -1.61. The molecule has 3 heteroatoms. The minimum Gasteiger partial charge on any atom is -0.458 e. The molecule has 2 nitrogen and oxygen atoms in total. The second kappa shape index (κ2) is 4.49. The molecule has 0 aliphatic rings. The van der Waals surface area contributed by atoms with Gasteiger partial charge >= 0.3 is 0 Å². The van der Waals surface area contributed by atoms with Gasteiger partial charge in [0.15, 0.2) is 5.76 Å². The number of allylic oxidation sites excluding steroid dienone is 1. The van der Waals surface area contributed by atoms with Crippen molar-refractivity contribution in [3.63, 3.8) is 0 Å². The van der Waals surface area contributed by atoms with Gasteiger partial charge in [-0.15, -0.1) is 11.3 Å². The molecular weight excluding hydrogens is 220 g/mol. The van der Waals surface area contributed by atoms with E-state index in [4.69, 9.17) is 4.42 Å². The third kappa shape index (κ3) is 2.31. The molecule has 0 saturated carbocycles. The molecule has 0 aliphatic heterocycles. The highest BCUT2D eigenvalue weighted by Gasteiger charge is 2.06. The van der Waals surface area contributed by atoms with Gasteiger partial charge < -0.3 is 4.42 Å². The Labute approximate surface area is 98.2 Å². The molecule has 0 amide bonds. The first-order valence-electron chi connectivity index (χ1n) is 5.00. The fourth-order valence-electron chi connectivity index (χ4n) is 1.36. The molecule has 0 bridgehead atoms. The second-order valence-corrected chi connectivity index (χ2v) is 4.52. The lowest BCUT2D eigenvalue weighted by Gasteiger charge is -1.90. The molecule has 2 heterocycles. The van der Waals surface area contributed by atoms with Gasteiger partial charge in [0.25, 0.3) is 0 Å². The van der Waals surface area contributed by atoms with Crippen LogP contribution in [0.4, 0.5) is 0 Å². The van der Waals surface area contributed by atoms with E-state index in [9.17, 15) is 4.79 Å². The zero-order valence-electron chi connectivity index (χ0n) is 9.19. The van der Waals surface area contributed by atoms with Crippen molar-refractivity contribution < 1.29 is 9.21 Å². The van der Waals surface area contributed by atoms with Gasteiger partial charge in [0, 0.05) is 4.88 Å². The molecule has 0 N–H and O–H groups in total. The highest BCUT2D eigenvalue weighted by Crippen LogP contribution is 2.17. The zero-order chi connectivity index (χ0) is 11.5. The van der Waals surface area contributed by atoms with Crippen LogP contribution in [0.15, 0.2) is 34.1 Å². The quantitative estimate of drug-likeness (QED) is 0.594. The van der Waals surface area contributed by atoms with Crippen LogP contribution < -0.4 is 0 Å². The largest absolute Gasteiger partial charge is 0.458 e. The van der Waals surface area contributed by atoms with E-state index in [1.165, 1.54) is 5.56 Å². The van der Waals surface area contributed by atoms with Crippen LogP contribution in [0.2, 0.25) is 0 Å². The minimum atomic E-state index is -0.0964. The highest BCUT2D eigenvalue weighted by atomic mass is 32.1. The van der Waals surface area contributed by atoms with E-state index >= 15 is 0 Å². The van der Waals surface area contributed by atoms with Crippen LogP contribution in [0.1, 0.15) is 26.8 Å². The molecule has 0 unspecified atom stereocenters. The van der Waals surface area contributed by atoms with Crippen LogP contribution in [-0.2, 0) is 0 Å². The number of ketones is 1. The van der Waals surface area contributed by atoms with Crippen molar-refractivity contribution in [3.8, 4) is 0 Å². The molecule has 0 aromatic carbocycles.